The van der Waals surface area contributed by atoms with E-state index in [9.17, 15) is 34.7 Å². The first kappa shape index (κ1) is 20.5. The summed E-state index contributed by atoms with van der Waals surface area (Å²) in [6, 6.07) is 4.76. The van der Waals surface area contributed by atoms with Gasteiger partial charge in [-0.2, -0.15) is 0 Å². The Balaban J connectivity index is 2.06. The maximum atomic E-state index is 12.6. The highest BCUT2D eigenvalue weighted by atomic mass is 16.6. The van der Waals surface area contributed by atoms with E-state index in [-0.39, 0.29) is 25.1 Å². The third-order valence-electron chi connectivity index (χ3n) is 4.40. The first-order valence-corrected chi connectivity index (χ1v) is 8.26. The van der Waals surface area contributed by atoms with E-state index in [4.69, 9.17) is 4.74 Å². The van der Waals surface area contributed by atoms with Gasteiger partial charge in [0.2, 0.25) is 5.91 Å². The number of nitro benzene ring substituents is 1. The van der Waals surface area contributed by atoms with Gasteiger partial charge >= 0.3 is 5.97 Å². The summed E-state index contributed by atoms with van der Waals surface area (Å²) in [5.41, 5.74) is 0.321. The van der Waals surface area contributed by atoms with Gasteiger partial charge in [0.05, 0.1) is 23.4 Å². The summed E-state index contributed by atoms with van der Waals surface area (Å²) in [7, 11) is 0. The molecule has 1 aliphatic rings. The van der Waals surface area contributed by atoms with Crippen molar-refractivity contribution in [1.82, 2.24) is 5.32 Å². The molecule has 0 spiro atoms. The third kappa shape index (κ3) is 5.08. The van der Waals surface area contributed by atoms with Gasteiger partial charge in [0.25, 0.3) is 5.69 Å². The van der Waals surface area contributed by atoms with Crippen LogP contribution in [0.4, 0.5) is 5.69 Å². The molecule has 0 bridgehead atoms. The highest BCUT2D eigenvalue weighted by molar-refractivity contribution is 5.94. The molecule has 3 unspecified atom stereocenters. The lowest BCUT2D eigenvalue weighted by Gasteiger charge is -2.41. The molecule has 1 aliphatic heterocycles. The van der Waals surface area contributed by atoms with E-state index < -0.39 is 46.8 Å². The van der Waals surface area contributed by atoms with Gasteiger partial charge in [-0.05, 0) is 5.56 Å². The highest BCUT2D eigenvalue weighted by Crippen LogP contribution is 2.30. The molecule has 0 radical (unpaired) electrons. The number of nitrogens with one attached hydrogen (secondary N) is 1. The van der Waals surface area contributed by atoms with Crippen LogP contribution in [-0.4, -0.2) is 51.7 Å². The number of rotatable bonds is 9. The van der Waals surface area contributed by atoms with E-state index in [0.717, 1.165) is 0 Å². The van der Waals surface area contributed by atoms with E-state index in [1.807, 2.05) is 0 Å². The van der Waals surface area contributed by atoms with Crippen molar-refractivity contribution in [3.63, 3.8) is 0 Å². The van der Waals surface area contributed by atoms with Crippen molar-refractivity contribution in [1.29, 1.82) is 0 Å². The number of nitro groups is 1. The molecule has 0 saturated carbocycles. The molecule has 3 N–H and O–H groups in total. The Morgan fingerprint density at radius 2 is 1.93 bits per heavy atom. The molecule has 1 saturated heterocycles. The van der Waals surface area contributed by atoms with Gasteiger partial charge in [0, 0.05) is 37.9 Å². The van der Waals surface area contributed by atoms with Crippen molar-refractivity contribution < 1.29 is 34.3 Å². The number of non-ortho nitro benzene ring substituents is 1. The molecule has 0 aliphatic carbocycles. The number of esters is 1. The summed E-state index contributed by atoms with van der Waals surface area (Å²) in [5.74, 6) is -3.85. The molecule has 10 heteroatoms. The fourth-order valence-electron chi connectivity index (χ4n) is 3.06. The normalized spacial score (nSPS) is 19.8. The number of ketones is 1. The smallest absolute Gasteiger partial charge is 0.302 e. The summed E-state index contributed by atoms with van der Waals surface area (Å²) < 4.78 is 4.80. The number of benzene rings is 1. The molecule has 27 heavy (non-hydrogen) atoms. The highest BCUT2D eigenvalue weighted by Gasteiger charge is 2.49. The van der Waals surface area contributed by atoms with E-state index in [1.165, 1.54) is 31.2 Å². The minimum Gasteiger partial charge on any atom is -0.466 e. The third-order valence-corrected chi connectivity index (χ3v) is 4.40. The zero-order valence-electron chi connectivity index (χ0n) is 14.5. The lowest BCUT2D eigenvalue weighted by Crippen LogP contribution is -2.64. The monoisotopic (exact) mass is 380 g/mol. The lowest BCUT2D eigenvalue weighted by atomic mass is 9.74. The Labute approximate surface area is 154 Å². The first-order valence-electron chi connectivity index (χ1n) is 8.26. The van der Waals surface area contributed by atoms with Crippen molar-refractivity contribution in [2.75, 3.05) is 6.61 Å². The Hall–Kier alpha value is -2.85. The molecule has 3 atom stereocenters. The van der Waals surface area contributed by atoms with Gasteiger partial charge in [-0.3, -0.25) is 24.5 Å². The quantitative estimate of drug-likeness (QED) is 0.173. The van der Waals surface area contributed by atoms with Crippen LogP contribution in [0.25, 0.3) is 0 Å². The number of aliphatic hydroxyl groups excluding tert-OH is 1. The van der Waals surface area contributed by atoms with Gasteiger partial charge < -0.3 is 20.3 Å². The minimum absolute atomic E-state index is 0.0293. The second-order valence-corrected chi connectivity index (χ2v) is 6.28. The van der Waals surface area contributed by atoms with Crippen molar-refractivity contribution in [2.24, 2.45) is 11.8 Å². The SMILES string of the molecule is CC(=O)OCCC1NC(=O)C1C(C(=O)Cc1ccc([N+](=O)[O-])cc1)C(O)O. The Bertz CT molecular complexity index is 731. The number of nitrogens with zero attached hydrogens (tertiary/aromatic N) is 1. The average molecular weight is 380 g/mol. The van der Waals surface area contributed by atoms with Crippen LogP contribution in [-0.2, 0) is 25.5 Å². The maximum absolute atomic E-state index is 12.6. The maximum Gasteiger partial charge on any atom is 0.302 e. The number of β-lactam (4-membered cyclic amide) rings is 1. The number of amides is 1. The van der Waals surface area contributed by atoms with Crippen LogP contribution in [0.5, 0.6) is 0 Å². The van der Waals surface area contributed by atoms with Gasteiger partial charge in [-0.15, -0.1) is 0 Å². The van der Waals surface area contributed by atoms with Crippen molar-refractivity contribution in [2.45, 2.75) is 32.1 Å². The first-order chi connectivity index (χ1) is 12.7. The summed E-state index contributed by atoms with van der Waals surface area (Å²) in [5, 5.41) is 32.5. The van der Waals surface area contributed by atoms with Crippen LogP contribution in [0, 0.1) is 22.0 Å². The minimum atomic E-state index is -2.04. The van der Waals surface area contributed by atoms with Crippen LogP contribution in [0.3, 0.4) is 0 Å². The number of Topliss-reactive ketones (excluding diaryl/α,β-unsaturated/α-hetero) is 1. The molecule has 2 rings (SSSR count). The molecule has 1 fully saturated rings. The van der Waals surface area contributed by atoms with Crippen LogP contribution in [0.2, 0.25) is 0 Å². The molecule has 1 heterocycles. The molecule has 1 aromatic carbocycles. The fraction of sp³-hybridized carbons (Fsp3) is 0.471. The van der Waals surface area contributed by atoms with Crippen LogP contribution in [0.15, 0.2) is 24.3 Å². The number of carbonyl (C=O) groups is 3. The molecule has 146 valence electrons. The predicted octanol–water partition coefficient (Wildman–Crippen LogP) is -0.299. The van der Waals surface area contributed by atoms with Crippen molar-refractivity contribution in [3.05, 3.63) is 39.9 Å². The largest absolute Gasteiger partial charge is 0.466 e. The van der Waals surface area contributed by atoms with E-state index >= 15 is 0 Å². The topological polar surface area (TPSA) is 156 Å². The van der Waals surface area contributed by atoms with E-state index in [2.05, 4.69) is 5.32 Å². The van der Waals surface area contributed by atoms with Crippen molar-refractivity contribution >= 4 is 23.3 Å². The van der Waals surface area contributed by atoms with Gasteiger partial charge in [-0.25, -0.2) is 0 Å². The second kappa shape index (κ2) is 8.69. The van der Waals surface area contributed by atoms with E-state index in [0.29, 0.717) is 5.56 Å². The number of hydrogen-bond acceptors (Lipinski definition) is 8. The van der Waals surface area contributed by atoms with E-state index in [1.54, 1.807) is 0 Å². The average Bonchev–Trinajstić information content (AvgIpc) is 2.58. The Morgan fingerprint density at radius 3 is 2.41 bits per heavy atom. The molecule has 1 aromatic rings. The zero-order valence-corrected chi connectivity index (χ0v) is 14.5. The second-order valence-electron chi connectivity index (χ2n) is 6.28. The summed E-state index contributed by atoms with van der Waals surface area (Å²) >= 11 is 0. The number of hydrogen-bond donors (Lipinski definition) is 3. The zero-order chi connectivity index (χ0) is 20.1. The fourth-order valence-corrected chi connectivity index (χ4v) is 3.06. The molecule has 0 aromatic heterocycles. The van der Waals surface area contributed by atoms with Crippen LogP contribution in [0.1, 0.15) is 18.9 Å². The standard InChI is InChI=1S/C17H20N2O8/c1-9(20)27-7-6-12-14(16(22)18-12)15(17(23)24)13(21)8-10-2-4-11(5-3-10)19(25)26/h2-5,12,14-15,17,23-24H,6-8H2,1H3,(H,18,22). The number of carbonyl (C=O) groups excluding carboxylic acids is 3. The van der Waals surface area contributed by atoms with Gasteiger partial charge in [-0.1, -0.05) is 12.1 Å². The Morgan fingerprint density at radius 1 is 1.30 bits per heavy atom. The summed E-state index contributed by atoms with van der Waals surface area (Å²) in [6.45, 7) is 1.27. The van der Waals surface area contributed by atoms with Gasteiger partial charge in [0.1, 0.15) is 5.78 Å². The molecular weight excluding hydrogens is 360 g/mol. The Kier molecular flexibility index (Phi) is 6.59. The molecule has 10 nitrogen and oxygen atoms in total. The van der Waals surface area contributed by atoms with Crippen LogP contribution >= 0.6 is 0 Å². The van der Waals surface area contributed by atoms with Crippen LogP contribution < -0.4 is 5.32 Å². The van der Waals surface area contributed by atoms with Crippen molar-refractivity contribution in [3.8, 4) is 0 Å². The summed E-state index contributed by atoms with van der Waals surface area (Å²) in [6.07, 6.45) is -2.01. The molecular formula is C17H20N2O8. The molecule has 1 amide bonds. The predicted molar refractivity (Wildman–Crippen MR) is 90.2 cm³/mol. The summed E-state index contributed by atoms with van der Waals surface area (Å²) in [4.78, 5) is 45.4. The number of aliphatic hydroxyl groups is 2. The lowest BCUT2D eigenvalue weighted by molar-refractivity contribution is -0.384. The number of ether oxygens (including phenoxy) is 1. The van der Waals surface area contributed by atoms with Gasteiger partial charge in [0.15, 0.2) is 6.29 Å².